The molecule has 0 spiro atoms. The summed E-state index contributed by atoms with van der Waals surface area (Å²) in [5.74, 6) is 0.110. The van der Waals surface area contributed by atoms with Gasteiger partial charge in [-0.3, -0.25) is 4.79 Å². The van der Waals surface area contributed by atoms with Crippen LogP contribution in [0, 0.1) is 0 Å². The smallest absolute Gasteiger partial charge is 0.219 e. The molecule has 0 unspecified atom stereocenters. The highest BCUT2D eigenvalue weighted by molar-refractivity contribution is 5.75. The van der Waals surface area contributed by atoms with Crippen LogP contribution in [0.2, 0.25) is 0 Å². The molecule has 2 aromatic rings. The van der Waals surface area contributed by atoms with E-state index in [-0.39, 0.29) is 11.9 Å². The van der Waals surface area contributed by atoms with Crippen LogP contribution in [0.4, 0.5) is 0 Å². The topological polar surface area (TPSA) is 29.1 Å². The molecule has 1 N–H and O–H groups in total. The van der Waals surface area contributed by atoms with Gasteiger partial charge in [-0.25, -0.2) is 0 Å². The maximum Gasteiger partial charge on any atom is 0.219 e. The second-order valence-electron chi connectivity index (χ2n) is 5.09. The summed E-state index contributed by atoms with van der Waals surface area (Å²) in [5.41, 5.74) is 3.69. The lowest BCUT2D eigenvalue weighted by Gasteiger charge is -2.13. The zero-order valence-corrected chi connectivity index (χ0v) is 12.1. The van der Waals surface area contributed by atoms with E-state index in [0.29, 0.717) is 6.42 Å². The number of benzene rings is 2. The molecule has 0 heterocycles. The van der Waals surface area contributed by atoms with Crippen molar-refractivity contribution < 1.29 is 4.79 Å². The van der Waals surface area contributed by atoms with E-state index < -0.39 is 0 Å². The van der Waals surface area contributed by atoms with E-state index in [9.17, 15) is 4.79 Å². The molecule has 2 rings (SSSR count). The fraction of sp³-hybridized carbons (Fsp3) is 0.278. The van der Waals surface area contributed by atoms with Crippen molar-refractivity contribution >= 4 is 5.91 Å². The molecule has 0 saturated heterocycles. The predicted octanol–water partition coefficient (Wildman–Crippen LogP) is 3.81. The minimum atomic E-state index is 0.110. The molecule has 2 heteroatoms. The van der Waals surface area contributed by atoms with Crippen LogP contribution >= 0.6 is 0 Å². The van der Waals surface area contributed by atoms with Crippen LogP contribution in [-0.2, 0) is 11.2 Å². The van der Waals surface area contributed by atoms with E-state index in [1.807, 2.05) is 32.0 Å². The number of carbonyl (C=O) groups is 1. The first-order valence-electron chi connectivity index (χ1n) is 7.12. The van der Waals surface area contributed by atoms with Crippen LogP contribution in [0.1, 0.15) is 25.8 Å². The zero-order chi connectivity index (χ0) is 14.4. The number of rotatable bonds is 5. The van der Waals surface area contributed by atoms with Gasteiger partial charge in [0.2, 0.25) is 5.91 Å². The molecule has 2 aromatic carbocycles. The highest BCUT2D eigenvalue weighted by Crippen LogP contribution is 2.19. The zero-order valence-electron chi connectivity index (χ0n) is 12.1. The van der Waals surface area contributed by atoms with Gasteiger partial charge in [0.15, 0.2) is 0 Å². The highest BCUT2D eigenvalue weighted by atomic mass is 16.1. The Morgan fingerprint density at radius 2 is 1.60 bits per heavy atom. The standard InChI is InChI=1S/C18H21NO/c1-3-18(20)19-14(2)13-15-9-11-17(12-10-15)16-7-5-4-6-8-16/h4-12,14H,3,13H2,1-2H3,(H,19,20)/t14-/m1/s1. The molecule has 20 heavy (non-hydrogen) atoms. The predicted molar refractivity (Wildman–Crippen MR) is 83.5 cm³/mol. The first kappa shape index (κ1) is 14.3. The molecule has 2 nitrogen and oxygen atoms in total. The van der Waals surface area contributed by atoms with Crippen LogP contribution in [0.15, 0.2) is 54.6 Å². The summed E-state index contributed by atoms with van der Waals surface area (Å²) in [4.78, 5) is 11.3. The molecule has 1 amide bonds. The van der Waals surface area contributed by atoms with Crippen LogP contribution in [0.3, 0.4) is 0 Å². The molecule has 0 bridgehead atoms. The Hall–Kier alpha value is -2.09. The molecule has 0 aliphatic rings. The van der Waals surface area contributed by atoms with Crippen molar-refractivity contribution in [2.45, 2.75) is 32.7 Å². The van der Waals surface area contributed by atoms with Crippen molar-refractivity contribution in [3.8, 4) is 11.1 Å². The highest BCUT2D eigenvalue weighted by Gasteiger charge is 2.06. The van der Waals surface area contributed by atoms with Crippen molar-refractivity contribution in [3.63, 3.8) is 0 Å². The van der Waals surface area contributed by atoms with Gasteiger partial charge in [0.05, 0.1) is 0 Å². The van der Waals surface area contributed by atoms with Gasteiger partial charge < -0.3 is 5.32 Å². The number of carbonyl (C=O) groups excluding carboxylic acids is 1. The lowest BCUT2D eigenvalue weighted by atomic mass is 10.0. The van der Waals surface area contributed by atoms with Crippen LogP contribution in [0.25, 0.3) is 11.1 Å². The summed E-state index contributed by atoms with van der Waals surface area (Å²) in [6.07, 6.45) is 1.40. The fourth-order valence-corrected chi connectivity index (χ4v) is 2.25. The Morgan fingerprint density at radius 1 is 1.00 bits per heavy atom. The van der Waals surface area contributed by atoms with Crippen molar-refractivity contribution in [1.29, 1.82) is 0 Å². The maximum atomic E-state index is 11.3. The molecule has 0 radical (unpaired) electrons. The first-order chi connectivity index (χ1) is 9.69. The van der Waals surface area contributed by atoms with Crippen LogP contribution < -0.4 is 5.32 Å². The SMILES string of the molecule is CCC(=O)N[C@H](C)Cc1ccc(-c2ccccc2)cc1. The molecule has 0 aromatic heterocycles. The summed E-state index contributed by atoms with van der Waals surface area (Å²) in [6, 6.07) is 19.1. The Bertz CT molecular complexity index is 545. The third-order valence-corrected chi connectivity index (χ3v) is 3.33. The van der Waals surface area contributed by atoms with Gasteiger partial charge in [0, 0.05) is 12.5 Å². The minimum absolute atomic E-state index is 0.110. The minimum Gasteiger partial charge on any atom is -0.353 e. The lowest BCUT2D eigenvalue weighted by Crippen LogP contribution is -2.33. The first-order valence-corrected chi connectivity index (χ1v) is 7.12. The Kier molecular flexibility index (Phi) is 4.94. The van der Waals surface area contributed by atoms with E-state index in [0.717, 1.165) is 6.42 Å². The van der Waals surface area contributed by atoms with Gasteiger partial charge in [-0.1, -0.05) is 61.5 Å². The average molecular weight is 267 g/mol. The van der Waals surface area contributed by atoms with Crippen molar-refractivity contribution in [3.05, 3.63) is 60.2 Å². The van der Waals surface area contributed by atoms with E-state index in [2.05, 4.69) is 41.7 Å². The van der Waals surface area contributed by atoms with E-state index in [4.69, 9.17) is 0 Å². The van der Waals surface area contributed by atoms with Gasteiger partial charge in [-0.2, -0.15) is 0 Å². The Labute approximate surface area is 120 Å². The second kappa shape index (κ2) is 6.90. The third kappa shape index (κ3) is 3.95. The average Bonchev–Trinajstić information content (AvgIpc) is 2.48. The van der Waals surface area contributed by atoms with Gasteiger partial charge >= 0.3 is 0 Å². The van der Waals surface area contributed by atoms with Crippen LogP contribution in [0.5, 0.6) is 0 Å². The van der Waals surface area contributed by atoms with E-state index in [1.165, 1.54) is 16.7 Å². The quantitative estimate of drug-likeness (QED) is 0.877. The Balaban J connectivity index is 2.00. The molecular formula is C18H21NO. The summed E-state index contributed by atoms with van der Waals surface area (Å²) in [5, 5.41) is 2.99. The molecule has 0 saturated carbocycles. The largest absolute Gasteiger partial charge is 0.353 e. The summed E-state index contributed by atoms with van der Waals surface area (Å²) in [7, 11) is 0. The van der Waals surface area contributed by atoms with Crippen molar-refractivity contribution in [1.82, 2.24) is 5.32 Å². The monoisotopic (exact) mass is 267 g/mol. The summed E-state index contributed by atoms with van der Waals surface area (Å²) >= 11 is 0. The summed E-state index contributed by atoms with van der Waals surface area (Å²) < 4.78 is 0. The second-order valence-corrected chi connectivity index (χ2v) is 5.09. The third-order valence-electron chi connectivity index (χ3n) is 3.33. The molecule has 104 valence electrons. The van der Waals surface area contributed by atoms with E-state index >= 15 is 0 Å². The number of hydrogen-bond acceptors (Lipinski definition) is 1. The molecule has 0 fully saturated rings. The maximum absolute atomic E-state index is 11.3. The fourth-order valence-electron chi connectivity index (χ4n) is 2.25. The number of amides is 1. The molecular weight excluding hydrogens is 246 g/mol. The number of nitrogens with one attached hydrogen (secondary N) is 1. The van der Waals surface area contributed by atoms with Crippen LogP contribution in [-0.4, -0.2) is 11.9 Å². The lowest BCUT2D eigenvalue weighted by molar-refractivity contribution is -0.121. The van der Waals surface area contributed by atoms with Gasteiger partial charge in [0.25, 0.3) is 0 Å². The van der Waals surface area contributed by atoms with E-state index in [1.54, 1.807) is 0 Å². The molecule has 0 aliphatic carbocycles. The van der Waals surface area contributed by atoms with Gasteiger partial charge in [-0.15, -0.1) is 0 Å². The molecule has 0 aliphatic heterocycles. The summed E-state index contributed by atoms with van der Waals surface area (Å²) in [6.45, 7) is 3.91. The Morgan fingerprint density at radius 3 is 2.20 bits per heavy atom. The van der Waals surface area contributed by atoms with Gasteiger partial charge in [0.1, 0.15) is 0 Å². The molecule has 1 atom stereocenters. The normalized spacial score (nSPS) is 11.9. The van der Waals surface area contributed by atoms with Crippen molar-refractivity contribution in [2.24, 2.45) is 0 Å². The number of hydrogen-bond donors (Lipinski definition) is 1. The van der Waals surface area contributed by atoms with Gasteiger partial charge in [-0.05, 0) is 30.0 Å². The van der Waals surface area contributed by atoms with Crippen molar-refractivity contribution in [2.75, 3.05) is 0 Å².